The van der Waals surface area contributed by atoms with Gasteiger partial charge in [-0.1, -0.05) is 59.7 Å². The molecule has 0 fully saturated rings. The Bertz CT molecular complexity index is 370. The molecule has 2 nitrogen and oxygen atoms in total. The molecule has 3 heteroatoms. The Morgan fingerprint density at radius 1 is 0.647 bits per heavy atom. The standard InChI is InChI=1S/2C7H8O.Cu/c2*1-6-4-2-3-5-7(6)8;/h2*2-5,8H,1H3;/q;;+2/p-2. The molecule has 0 amide bonds. The van der Waals surface area contributed by atoms with Gasteiger partial charge >= 0.3 is 17.1 Å². The molecule has 0 aliphatic rings. The van der Waals surface area contributed by atoms with Crippen molar-refractivity contribution in [2.45, 2.75) is 13.8 Å². The SMILES string of the molecule is Cc1ccccc1[O-].Cc1ccccc1[O-].[Cu+2]. The van der Waals surface area contributed by atoms with Crippen molar-refractivity contribution in [3.8, 4) is 11.5 Å². The van der Waals surface area contributed by atoms with Crippen molar-refractivity contribution < 1.29 is 27.3 Å². The third kappa shape index (κ3) is 5.43. The summed E-state index contributed by atoms with van der Waals surface area (Å²) in [5.41, 5.74) is 1.63. The summed E-state index contributed by atoms with van der Waals surface area (Å²) in [6, 6.07) is 14.0. The van der Waals surface area contributed by atoms with Gasteiger partial charge in [0, 0.05) is 0 Å². The molecule has 2 aromatic rings. The molecule has 0 heterocycles. The van der Waals surface area contributed by atoms with Gasteiger partial charge in [0.15, 0.2) is 0 Å². The molecule has 1 radical (unpaired) electrons. The average Bonchev–Trinajstić information content (AvgIpc) is 2.28. The van der Waals surface area contributed by atoms with Gasteiger partial charge in [0.25, 0.3) is 0 Å². The summed E-state index contributed by atoms with van der Waals surface area (Å²) >= 11 is 0. The van der Waals surface area contributed by atoms with Gasteiger partial charge in [-0.05, 0) is 13.8 Å². The molecule has 0 spiro atoms. The van der Waals surface area contributed by atoms with Crippen LogP contribution in [0.5, 0.6) is 11.5 Å². The van der Waals surface area contributed by atoms with Gasteiger partial charge in [-0.25, -0.2) is 0 Å². The van der Waals surface area contributed by atoms with Crippen LogP contribution in [0.1, 0.15) is 11.1 Å². The number of hydrogen-bond donors (Lipinski definition) is 0. The minimum Gasteiger partial charge on any atom is -0.872 e. The number of aryl methyl sites for hydroxylation is 2. The van der Waals surface area contributed by atoms with E-state index in [0.29, 0.717) is 0 Å². The fourth-order valence-corrected chi connectivity index (χ4v) is 1.11. The fraction of sp³-hybridized carbons (Fsp3) is 0.143. The first-order valence-corrected chi connectivity index (χ1v) is 5.06. The second-order valence-electron chi connectivity index (χ2n) is 3.53. The topological polar surface area (TPSA) is 46.1 Å². The van der Waals surface area contributed by atoms with Gasteiger partial charge in [-0.3, -0.25) is 0 Å². The van der Waals surface area contributed by atoms with Crippen LogP contribution in [0.2, 0.25) is 0 Å². The van der Waals surface area contributed by atoms with Crippen molar-refractivity contribution >= 4 is 0 Å². The second-order valence-corrected chi connectivity index (χ2v) is 3.53. The first kappa shape index (κ1) is 15.6. The number of para-hydroxylation sites is 2. The second kappa shape index (κ2) is 7.77. The molecule has 0 saturated carbocycles. The van der Waals surface area contributed by atoms with E-state index in [1.807, 2.05) is 38.1 Å². The quantitative estimate of drug-likeness (QED) is 0.693. The molecule has 0 saturated heterocycles. The van der Waals surface area contributed by atoms with Crippen LogP contribution in [0.15, 0.2) is 48.5 Å². The number of benzene rings is 2. The van der Waals surface area contributed by atoms with E-state index in [1.165, 1.54) is 0 Å². The largest absolute Gasteiger partial charge is 2.00 e. The minimum absolute atomic E-state index is 0. The van der Waals surface area contributed by atoms with Gasteiger partial charge in [0.05, 0.1) is 0 Å². The van der Waals surface area contributed by atoms with Gasteiger partial charge in [0.1, 0.15) is 0 Å². The molecule has 0 N–H and O–H groups in total. The summed E-state index contributed by atoms with van der Waals surface area (Å²) in [4.78, 5) is 0. The Balaban J connectivity index is 0.000000284. The molecular formula is C14H14CuO2. The van der Waals surface area contributed by atoms with E-state index in [4.69, 9.17) is 0 Å². The van der Waals surface area contributed by atoms with Crippen LogP contribution in [0.25, 0.3) is 0 Å². The van der Waals surface area contributed by atoms with Crippen LogP contribution in [-0.4, -0.2) is 0 Å². The van der Waals surface area contributed by atoms with Crippen LogP contribution in [0.4, 0.5) is 0 Å². The summed E-state index contributed by atoms with van der Waals surface area (Å²) in [6.07, 6.45) is 0. The van der Waals surface area contributed by atoms with E-state index in [1.54, 1.807) is 24.3 Å². The Morgan fingerprint density at radius 3 is 1.12 bits per heavy atom. The van der Waals surface area contributed by atoms with Crippen molar-refractivity contribution in [1.82, 2.24) is 0 Å². The zero-order chi connectivity index (χ0) is 12.0. The summed E-state index contributed by atoms with van der Waals surface area (Å²) in [5, 5.41) is 21.2. The smallest absolute Gasteiger partial charge is 0.872 e. The van der Waals surface area contributed by atoms with Gasteiger partial charge in [-0.2, -0.15) is 0 Å². The zero-order valence-corrected chi connectivity index (χ0v) is 10.7. The molecule has 2 aromatic carbocycles. The van der Waals surface area contributed by atoms with Crippen LogP contribution >= 0.6 is 0 Å². The monoisotopic (exact) mass is 277 g/mol. The van der Waals surface area contributed by atoms with E-state index in [9.17, 15) is 10.2 Å². The molecule has 0 unspecified atom stereocenters. The van der Waals surface area contributed by atoms with Crippen LogP contribution in [-0.2, 0) is 17.1 Å². The Labute approximate surface area is 112 Å². The van der Waals surface area contributed by atoms with Crippen molar-refractivity contribution in [3.05, 3.63) is 59.7 Å². The number of hydrogen-bond acceptors (Lipinski definition) is 2. The first-order valence-electron chi connectivity index (χ1n) is 5.06. The molecule has 0 aliphatic heterocycles. The zero-order valence-electron chi connectivity index (χ0n) is 9.74. The predicted molar refractivity (Wildman–Crippen MR) is 61.3 cm³/mol. The van der Waals surface area contributed by atoms with E-state index < -0.39 is 0 Å². The Hall–Kier alpha value is -1.44. The minimum atomic E-state index is 0. The van der Waals surface area contributed by atoms with Gasteiger partial charge < -0.3 is 10.2 Å². The van der Waals surface area contributed by atoms with Crippen LogP contribution in [0, 0.1) is 13.8 Å². The van der Waals surface area contributed by atoms with Crippen LogP contribution < -0.4 is 10.2 Å². The number of rotatable bonds is 0. The molecule has 17 heavy (non-hydrogen) atoms. The van der Waals surface area contributed by atoms with Crippen molar-refractivity contribution in [2.75, 3.05) is 0 Å². The molecule has 0 bridgehead atoms. The van der Waals surface area contributed by atoms with Crippen LogP contribution in [0.3, 0.4) is 0 Å². The van der Waals surface area contributed by atoms with Crippen molar-refractivity contribution in [2.24, 2.45) is 0 Å². The summed E-state index contributed by atoms with van der Waals surface area (Å²) in [7, 11) is 0. The maximum atomic E-state index is 10.6. The molecule has 2 rings (SSSR count). The third-order valence-corrected chi connectivity index (χ3v) is 2.19. The Morgan fingerprint density at radius 2 is 0.941 bits per heavy atom. The molecule has 0 atom stereocenters. The van der Waals surface area contributed by atoms with E-state index in [0.717, 1.165) is 11.1 Å². The Kier molecular flexibility index (Phi) is 7.11. The summed E-state index contributed by atoms with van der Waals surface area (Å²) < 4.78 is 0. The van der Waals surface area contributed by atoms with Gasteiger partial charge in [0.2, 0.25) is 0 Å². The molecule has 0 aliphatic carbocycles. The first-order chi connectivity index (χ1) is 7.61. The van der Waals surface area contributed by atoms with E-state index >= 15 is 0 Å². The maximum absolute atomic E-state index is 10.6. The fourth-order valence-electron chi connectivity index (χ4n) is 1.11. The van der Waals surface area contributed by atoms with Crippen molar-refractivity contribution in [1.29, 1.82) is 0 Å². The van der Waals surface area contributed by atoms with E-state index in [2.05, 4.69) is 0 Å². The predicted octanol–water partition coefficient (Wildman–Crippen LogP) is 2.13. The van der Waals surface area contributed by atoms with Gasteiger partial charge in [-0.15, -0.1) is 11.5 Å². The molecule has 93 valence electrons. The molecular weight excluding hydrogens is 264 g/mol. The summed E-state index contributed by atoms with van der Waals surface area (Å²) in [6.45, 7) is 3.62. The third-order valence-electron chi connectivity index (χ3n) is 2.19. The van der Waals surface area contributed by atoms with E-state index in [-0.39, 0.29) is 28.6 Å². The molecule has 0 aromatic heterocycles. The van der Waals surface area contributed by atoms with Crippen molar-refractivity contribution in [3.63, 3.8) is 0 Å². The maximum Gasteiger partial charge on any atom is 2.00 e. The normalized spacial score (nSPS) is 8.59. The summed E-state index contributed by atoms with van der Waals surface area (Å²) in [5.74, 6) is 0.236. The average molecular weight is 278 g/mol.